The number of carboxylic acid groups (broad SMARTS) is 1. The van der Waals surface area contributed by atoms with E-state index in [0.717, 1.165) is 24.7 Å². The van der Waals surface area contributed by atoms with Crippen LogP contribution in [0.1, 0.15) is 68.1 Å². The quantitative estimate of drug-likeness (QED) is 0.253. The predicted octanol–water partition coefficient (Wildman–Crippen LogP) is 3.37. The summed E-state index contributed by atoms with van der Waals surface area (Å²) in [6.07, 6.45) is 0.878. The van der Waals surface area contributed by atoms with Gasteiger partial charge in [0.15, 0.2) is 12.4 Å². The fourth-order valence-corrected chi connectivity index (χ4v) is 9.66. The van der Waals surface area contributed by atoms with Gasteiger partial charge in [0, 0.05) is 20.3 Å². The Bertz CT molecular complexity index is 1060. The zero-order chi connectivity index (χ0) is 29.2. The highest BCUT2D eigenvalue weighted by Crippen LogP contribution is 2.82. The van der Waals surface area contributed by atoms with E-state index in [0.29, 0.717) is 18.8 Å². The standard InChI is InChI=1S/C30H44O9/c1-7-22(32)39-25-23(33)26(38-17(5)24(25)36-6)37-14-29-12-19-16(4)8-9-20(19)28(13-31)11-18(29)10-21(15(2)3)30(28,29)27(34)35/h10,13,15-20,23-26,33H,7-9,11-12,14H2,1-6H3,(H,34,35)/t16?,17-,18?,19?,20?,23+,24-,25+,26?,28?,29?,30?/m1/s1/i1D. The summed E-state index contributed by atoms with van der Waals surface area (Å²) in [7, 11) is 1.44. The molecule has 1 aliphatic heterocycles. The van der Waals surface area contributed by atoms with Crippen molar-refractivity contribution in [2.45, 2.75) is 97.4 Å². The van der Waals surface area contributed by atoms with E-state index >= 15 is 0 Å². The number of hydrogen-bond acceptors (Lipinski definition) is 8. The van der Waals surface area contributed by atoms with Crippen LogP contribution < -0.4 is 0 Å². The number of carboxylic acids is 1. The van der Waals surface area contributed by atoms with Crippen LogP contribution in [0.25, 0.3) is 0 Å². The van der Waals surface area contributed by atoms with Crippen molar-refractivity contribution < 1.29 is 44.9 Å². The summed E-state index contributed by atoms with van der Waals surface area (Å²) in [5.74, 6) is -1.22. The first-order valence-electron chi connectivity index (χ1n) is 15.0. The molecule has 9 nitrogen and oxygen atoms in total. The van der Waals surface area contributed by atoms with Crippen molar-refractivity contribution in [3.8, 4) is 0 Å². The highest BCUT2D eigenvalue weighted by Gasteiger charge is 2.84. The Hall–Kier alpha value is -1.81. The lowest BCUT2D eigenvalue weighted by molar-refractivity contribution is -0.308. The van der Waals surface area contributed by atoms with Crippen LogP contribution in [0.5, 0.6) is 0 Å². The van der Waals surface area contributed by atoms with Gasteiger partial charge in [-0.1, -0.05) is 45.7 Å². The molecule has 0 radical (unpaired) electrons. The molecule has 218 valence electrons. The predicted molar refractivity (Wildman–Crippen MR) is 139 cm³/mol. The number of allylic oxidation sites excluding steroid dienone is 1. The molecule has 4 bridgehead atoms. The average molecular weight is 550 g/mol. The van der Waals surface area contributed by atoms with E-state index in [2.05, 4.69) is 13.0 Å². The van der Waals surface area contributed by atoms with E-state index in [1.54, 1.807) is 6.92 Å². The molecule has 0 aromatic carbocycles. The Morgan fingerprint density at radius 1 is 1.26 bits per heavy atom. The first kappa shape index (κ1) is 27.4. The fraction of sp³-hybridized carbons (Fsp3) is 0.833. The van der Waals surface area contributed by atoms with Crippen LogP contribution in [0, 0.1) is 45.8 Å². The van der Waals surface area contributed by atoms with Crippen molar-refractivity contribution >= 4 is 18.2 Å². The number of aldehydes is 1. The first-order chi connectivity index (χ1) is 18.9. The Kier molecular flexibility index (Phi) is 6.97. The van der Waals surface area contributed by atoms with Crippen molar-refractivity contribution in [3.63, 3.8) is 0 Å². The molecular formula is C30H44O9. The number of carbonyl (C=O) groups is 3. The second kappa shape index (κ2) is 9.93. The highest BCUT2D eigenvalue weighted by molar-refractivity contribution is 5.90. The van der Waals surface area contributed by atoms with Gasteiger partial charge in [-0.25, -0.2) is 0 Å². The molecule has 5 aliphatic rings. The average Bonchev–Trinajstić information content (AvgIpc) is 3.47. The van der Waals surface area contributed by atoms with Crippen molar-refractivity contribution in [2.75, 3.05) is 13.7 Å². The van der Waals surface area contributed by atoms with Gasteiger partial charge in [-0.2, -0.15) is 0 Å². The molecule has 1 heterocycles. The van der Waals surface area contributed by atoms with Gasteiger partial charge >= 0.3 is 11.9 Å². The van der Waals surface area contributed by atoms with Gasteiger partial charge in [-0.05, 0) is 55.8 Å². The lowest BCUT2D eigenvalue weighted by Crippen LogP contribution is -2.64. The van der Waals surface area contributed by atoms with Crippen molar-refractivity contribution in [2.24, 2.45) is 45.8 Å². The number of methoxy groups -OCH3 is 1. The fourth-order valence-electron chi connectivity index (χ4n) is 9.66. The summed E-state index contributed by atoms with van der Waals surface area (Å²) in [6, 6.07) is 0. The third kappa shape index (κ3) is 3.61. The number of fused-ring (bicyclic) bond motifs is 2. The molecule has 0 spiro atoms. The molecule has 39 heavy (non-hydrogen) atoms. The molecule has 8 unspecified atom stereocenters. The lowest BCUT2D eigenvalue weighted by atomic mass is 9.43. The number of hydrogen-bond donors (Lipinski definition) is 2. The second-order valence-corrected chi connectivity index (χ2v) is 12.9. The summed E-state index contributed by atoms with van der Waals surface area (Å²) in [5, 5.41) is 22.4. The lowest BCUT2D eigenvalue weighted by Gasteiger charge is -2.58. The van der Waals surface area contributed by atoms with Crippen LogP contribution in [-0.4, -0.2) is 72.9 Å². The molecule has 0 aromatic heterocycles. The molecule has 0 aromatic rings. The zero-order valence-corrected chi connectivity index (χ0v) is 23.6. The molecule has 1 saturated heterocycles. The first-order valence-corrected chi connectivity index (χ1v) is 14.3. The van der Waals surface area contributed by atoms with E-state index in [4.69, 9.17) is 20.3 Å². The molecule has 4 aliphatic carbocycles. The monoisotopic (exact) mass is 549 g/mol. The van der Waals surface area contributed by atoms with E-state index in [-0.39, 0.29) is 43.6 Å². The maximum Gasteiger partial charge on any atom is 0.315 e. The number of carbonyl (C=O) groups excluding carboxylic acids is 2. The third-order valence-electron chi connectivity index (χ3n) is 11.1. The summed E-state index contributed by atoms with van der Waals surface area (Å²) in [4.78, 5) is 39.1. The molecule has 3 saturated carbocycles. The van der Waals surface area contributed by atoms with Crippen LogP contribution in [0.2, 0.25) is 0 Å². The van der Waals surface area contributed by atoms with E-state index in [1.165, 1.54) is 7.11 Å². The number of aliphatic hydroxyl groups is 1. The molecule has 5 rings (SSSR count). The Morgan fingerprint density at radius 3 is 2.62 bits per heavy atom. The third-order valence-corrected chi connectivity index (χ3v) is 11.1. The number of aliphatic hydroxyl groups excluding tert-OH is 1. The van der Waals surface area contributed by atoms with Gasteiger partial charge in [0.1, 0.15) is 23.9 Å². The van der Waals surface area contributed by atoms with Crippen LogP contribution >= 0.6 is 0 Å². The van der Waals surface area contributed by atoms with Crippen LogP contribution in [0.3, 0.4) is 0 Å². The van der Waals surface area contributed by atoms with Crippen LogP contribution in [-0.2, 0) is 33.3 Å². The number of aliphatic carboxylic acids is 1. The number of esters is 1. The van der Waals surface area contributed by atoms with Gasteiger partial charge in [0.25, 0.3) is 0 Å². The summed E-state index contributed by atoms with van der Waals surface area (Å²) in [6.45, 7) is 7.76. The summed E-state index contributed by atoms with van der Waals surface area (Å²) < 4.78 is 30.7. The van der Waals surface area contributed by atoms with Gasteiger partial charge in [-0.3, -0.25) is 9.59 Å². The van der Waals surface area contributed by atoms with Crippen molar-refractivity contribution in [1.29, 1.82) is 0 Å². The van der Waals surface area contributed by atoms with Crippen LogP contribution in [0.4, 0.5) is 0 Å². The minimum atomic E-state index is -1.40. The maximum atomic E-state index is 13.6. The smallest absolute Gasteiger partial charge is 0.315 e. The topological polar surface area (TPSA) is 129 Å². The molecular weight excluding hydrogens is 504 g/mol. The van der Waals surface area contributed by atoms with E-state index in [9.17, 15) is 24.6 Å². The van der Waals surface area contributed by atoms with Gasteiger partial charge in [0.2, 0.25) is 0 Å². The molecule has 4 fully saturated rings. The second-order valence-electron chi connectivity index (χ2n) is 12.9. The minimum Gasteiger partial charge on any atom is -0.481 e. The summed E-state index contributed by atoms with van der Waals surface area (Å²) >= 11 is 0. The van der Waals surface area contributed by atoms with Crippen molar-refractivity contribution in [3.05, 3.63) is 11.6 Å². The van der Waals surface area contributed by atoms with Crippen LogP contribution in [0.15, 0.2) is 11.6 Å². The Labute approximate surface area is 232 Å². The minimum absolute atomic E-state index is 0.0107. The SMILES string of the molecule is [2H]CCC(=O)O[C@@H]1[C@H](OC)[C@@H](C)OC(OCC23CC4C(C)CCC4C4(C=O)CC2C=C(C(C)C)C43C(=O)O)[C@H]1O. The zero-order valence-electron chi connectivity index (χ0n) is 24.6. The highest BCUT2D eigenvalue weighted by atomic mass is 16.7. The molecule has 0 amide bonds. The largest absolute Gasteiger partial charge is 0.481 e. The molecule has 2 N–H and O–H groups in total. The molecule has 9 heteroatoms. The van der Waals surface area contributed by atoms with Gasteiger partial charge < -0.3 is 34.0 Å². The number of rotatable bonds is 9. The summed E-state index contributed by atoms with van der Waals surface area (Å²) in [5.41, 5.74) is -2.47. The Balaban J connectivity index is 1.51. The van der Waals surface area contributed by atoms with Crippen molar-refractivity contribution in [1.82, 2.24) is 0 Å². The Morgan fingerprint density at radius 2 is 2.00 bits per heavy atom. The van der Waals surface area contributed by atoms with Gasteiger partial charge in [0.05, 0.1) is 18.1 Å². The number of ether oxygens (including phenoxy) is 4. The normalized spacial score (nSPS) is 48.4. The van der Waals surface area contributed by atoms with E-state index in [1.807, 2.05) is 13.8 Å². The molecule has 12 atom stereocenters. The maximum absolute atomic E-state index is 13.6. The van der Waals surface area contributed by atoms with E-state index < -0.39 is 58.9 Å². The van der Waals surface area contributed by atoms with Gasteiger partial charge in [-0.15, -0.1) is 0 Å².